The van der Waals surface area contributed by atoms with Crippen LogP contribution in [0.1, 0.15) is 17.5 Å². The van der Waals surface area contributed by atoms with Crippen molar-refractivity contribution in [2.24, 2.45) is 0 Å². The summed E-state index contributed by atoms with van der Waals surface area (Å²) < 4.78 is 11.1. The number of aromatic nitrogens is 1. The third kappa shape index (κ3) is 4.23. The molecule has 126 valence electrons. The molecular formula is C20H18N2O2S. The highest BCUT2D eigenvalue weighted by molar-refractivity contribution is 7.98. The van der Waals surface area contributed by atoms with Crippen LogP contribution in [0, 0.1) is 11.3 Å². The fourth-order valence-corrected chi connectivity index (χ4v) is 2.98. The van der Waals surface area contributed by atoms with Crippen molar-refractivity contribution in [1.82, 2.24) is 5.16 Å². The van der Waals surface area contributed by atoms with E-state index in [1.165, 1.54) is 17.3 Å². The van der Waals surface area contributed by atoms with Crippen LogP contribution in [0.25, 0.3) is 11.3 Å². The molecule has 0 unspecified atom stereocenters. The van der Waals surface area contributed by atoms with Gasteiger partial charge in [-0.25, -0.2) is 0 Å². The minimum atomic E-state index is 0.476. The number of ether oxygens (including phenoxy) is 1. The van der Waals surface area contributed by atoms with E-state index in [1.807, 2.05) is 36.6 Å². The molecule has 5 heteroatoms. The lowest BCUT2D eigenvalue weighted by Crippen LogP contribution is -1.99. The van der Waals surface area contributed by atoms with Gasteiger partial charge in [-0.1, -0.05) is 35.5 Å². The molecule has 25 heavy (non-hydrogen) atoms. The standard InChI is InChI=1S/C20H18N2O2S/c1-25-20-18(14-21)19(24-22-20)16-9-11-17(12-10-16)23-13-5-8-15-6-3-2-4-7-15/h2-4,6-7,9-12H,5,8,13H2,1H3. The highest BCUT2D eigenvalue weighted by atomic mass is 32.2. The lowest BCUT2D eigenvalue weighted by atomic mass is 10.1. The maximum absolute atomic E-state index is 9.28. The van der Waals surface area contributed by atoms with E-state index in [2.05, 4.69) is 35.5 Å². The van der Waals surface area contributed by atoms with Gasteiger partial charge in [0.25, 0.3) is 0 Å². The Morgan fingerprint density at radius 3 is 2.56 bits per heavy atom. The Morgan fingerprint density at radius 2 is 1.88 bits per heavy atom. The van der Waals surface area contributed by atoms with Gasteiger partial charge in [-0.05, 0) is 48.9 Å². The van der Waals surface area contributed by atoms with Gasteiger partial charge in [0, 0.05) is 5.56 Å². The first-order valence-electron chi connectivity index (χ1n) is 8.02. The van der Waals surface area contributed by atoms with Crippen molar-refractivity contribution in [2.75, 3.05) is 12.9 Å². The Balaban J connectivity index is 1.57. The normalized spacial score (nSPS) is 10.4. The van der Waals surface area contributed by atoms with Gasteiger partial charge >= 0.3 is 0 Å². The number of thioether (sulfide) groups is 1. The highest BCUT2D eigenvalue weighted by Gasteiger charge is 2.16. The second kappa shape index (κ2) is 8.41. The molecule has 1 aromatic heterocycles. The van der Waals surface area contributed by atoms with Crippen LogP contribution >= 0.6 is 11.8 Å². The van der Waals surface area contributed by atoms with Crippen LogP contribution in [-0.4, -0.2) is 18.0 Å². The third-order valence-corrected chi connectivity index (χ3v) is 4.47. The third-order valence-electron chi connectivity index (χ3n) is 3.80. The van der Waals surface area contributed by atoms with Crippen LogP contribution in [0.2, 0.25) is 0 Å². The molecule has 0 amide bonds. The summed E-state index contributed by atoms with van der Waals surface area (Å²) in [5.41, 5.74) is 2.62. The van der Waals surface area contributed by atoms with Crippen LogP contribution < -0.4 is 4.74 Å². The van der Waals surface area contributed by atoms with E-state index >= 15 is 0 Å². The van der Waals surface area contributed by atoms with Crippen LogP contribution in [0.3, 0.4) is 0 Å². The summed E-state index contributed by atoms with van der Waals surface area (Å²) in [6.45, 7) is 0.663. The molecule has 0 atom stereocenters. The minimum Gasteiger partial charge on any atom is -0.494 e. The van der Waals surface area contributed by atoms with Crippen LogP contribution in [0.15, 0.2) is 64.1 Å². The summed E-state index contributed by atoms with van der Waals surface area (Å²) >= 11 is 1.40. The quantitative estimate of drug-likeness (QED) is 0.446. The Labute approximate surface area is 151 Å². The van der Waals surface area contributed by atoms with Crippen molar-refractivity contribution in [1.29, 1.82) is 5.26 Å². The van der Waals surface area contributed by atoms with E-state index in [-0.39, 0.29) is 0 Å². The maximum Gasteiger partial charge on any atom is 0.185 e. The molecule has 0 saturated carbocycles. The summed E-state index contributed by atoms with van der Waals surface area (Å²) in [4.78, 5) is 0. The molecule has 1 heterocycles. The molecule has 0 N–H and O–H groups in total. The van der Waals surface area contributed by atoms with E-state index in [0.717, 1.165) is 24.2 Å². The van der Waals surface area contributed by atoms with Gasteiger partial charge in [0.15, 0.2) is 10.8 Å². The van der Waals surface area contributed by atoms with E-state index in [4.69, 9.17) is 9.26 Å². The van der Waals surface area contributed by atoms with Crippen molar-refractivity contribution in [2.45, 2.75) is 17.9 Å². The first-order valence-corrected chi connectivity index (χ1v) is 9.25. The molecule has 0 spiro atoms. The first kappa shape index (κ1) is 17.1. The van der Waals surface area contributed by atoms with Gasteiger partial charge < -0.3 is 9.26 Å². The second-order valence-electron chi connectivity index (χ2n) is 5.47. The zero-order valence-electron chi connectivity index (χ0n) is 13.9. The van der Waals surface area contributed by atoms with Gasteiger partial charge in [0.1, 0.15) is 17.4 Å². The lowest BCUT2D eigenvalue weighted by molar-refractivity contribution is 0.311. The molecule has 4 nitrogen and oxygen atoms in total. The molecule has 3 rings (SSSR count). The van der Waals surface area contributed by atoms with Gasteiger partial charge in [0.05, 0.1) is 6.61 Å². The van der Waals surface area contributed by atoms with E-state index in [0.29, 0.717) is 23.0 Å². The molecule has 0 aliphatic rings. The van der Waals surface area contributed by atoms with Crippen LogP contribution in [-0.2, 0) is 6.42 Å². The van der Waals surface area contributed by atoms with E-state index in [1.54, 1.807) is 0 Å². The molecular weight excluding hydrogens is 332 g/mol. The number of hydrogen-bond acceptors (Lipinski definition) is 5. The first-order chi connectivity index (χ1) is 12.3. The smallest absolute Gasteiger partial charge is 0.185 e. The van der Waals surface area contributed by atoms with Gasteiger partial charge in [-0.3, -0.25) is 0 Å². The lowest BCUT2D eigenvalue weighted by Gasteiger charge is -2.07. The number of rotatable bonds is 7. The number of hydrogen-bond donors (Lipinski definition) is 0. The molecule has 0 saturated heterocycles. The Morgan fingerprint density at radius 1 is 1.12 bits per heavy atom. The Kier molecular flexibility index (Phi) is 5.76. The number of benzene rings is 2. The van der Waals surface area contributed by atoms with Crippen molar-refractivity contribution in [3.63, 3.8) is 0 Å². The topological polar surface area (TPSA) is 59.1 Å². The zero-order chi connectivity index (χ0) is 17.5. The number of nitriles is 1. The second-order valence-corrected chi connectivity index (χ2v) is 6.26. The average Bonchev–Trinajstić information content (AvgIpc) is 3.09. The summed E-state index contributed by atoms with van der Waals surface area (Å²) in [6.07, 6.45) is 3.83. The van der Waals surface area contributed by atoms with Crippen molar-refractivity contribution in [3.05, 3.63) is 65.7 Å². The van der Waals surface area contributed by atoms with Crippen LogP contribution in [0.4, 0.5) is 0 Å². The summed E-state index contributed by atoms with van der Waals surface area (Å²) in [7, 11) is 0. The molecule has 0 aliphatic carbocycles. The van der Waals surface area contributed by atoms with E-state index in [9.17, 15) is 5.26 Å². The Bertz CT molecular complexity index is 852. The number of aryl methyl sites for hydroxylation is 1. The predicted molar refractivity (Wildman–Crippen MR) is 98.7 cm³/mol. The molecule has 0 aliphatic heterocycles. The maximum atomic E-state index is 9.28. The summed E-state index contributed by atoms with van der Waals surface area (Å²) in [6, 6.07) is 20.1. The summed E-state index contributed by atoms with van der Waals surface area (Å²) in [5, 5.41) is 13.8. The van der Waals surface area contributed by atoms with Crippen molar-refractivity contribution in [3.8, 4) is 23.1 Å². The van der Waals surface area contributed by atoms with Gasteiger partial charge in [-0.2, -0.15) is 5.26 Å². The molecule has 0 bridgehead atoms. The molecule has 2 aromatic carbocycles. The SMILES string of the molecule is CSc1noc(-c2ccc(OCCCc3ccccc3)cc2)c1C#N. The van der Waals surface area contributed by atoms with E-state index < -0.39 is 0 Å². The van der Waals surface area contributed by atoms with Gasteiger partial charge in [0.2, 0.25) is 0 Å². The fourth-order valence-electron chi connectivity index (χ4n) is 2.52. The minimum absolute atomic E-state index is 0.476. The number of nitrogens with zero attached hydrogens (tertiary/aromatic N) is 2. The van der Waals surface area contributed by atoms with Crippen molar-refractivity contribution < 1.29 is 9.26 Å². The summed E-state index contributed by atoms with van der Waals surface area (Å²) in [5.74, 6) is 1.31. The fraction of sp³-hybridized carbons (Fsp3) is 0.200. The van der Waals surface area contributed by atoms with Crippen LogP contribution in [0.5, 0.6) is 5.75 Å². The van der Waals surface area contributed by atoms with Crippen molar-refractivity contribution >= 4 is 11.8 Å². The highest BCUT2D eigenvalue weighted by Crippen LogP contribution is 2.31. The molecule has 0 fully saturated rings. The zero-order valence-corrected chi connectivity index (χ0v) is 14.8. The monoisotopic (exact) mass is 350 g/mol. The molecule has 0 radical (unpaired) electrons. The molecule has 3 aromatic rings. The average molecular weight is 350 g/mol. The predicted octanol–water partition coefficient (Wildman–Crippen LogP) is 4.95. The largest absolute Gasteiger partial charge is 0.494 e. The Hall–Kier alpha value is -2.71. The van der Waals surface area contributed by atoms with Gasteiger partial charge in [-0.15, -0.1) is 11.8 Å².